The van der Waals surface area contributed by atoms with Crippen LogP contribution in [0.4, 0.5) is 0 Å². The van der Waals surface area contributed by atoms with Gasteiger partial charge in [0.25, 0.3) is 0 Å². The molecule has 6 nitrogen and oxygen atoms in total. The number of carboxylic acid groups (broad SMARTS) is 1. The van der Waals surface area contributed by atoms with Gasteiger partial charge in [0.1, 0.15) is 12.4 Å². The van der Waals surface area contributed by atoms with Crippen LogP contribution in [-0.2, 0) is 19.1 Å². The van der Waals surface area contributed by atoms with E-state index < -0.39 is 11.9 Å². The molecule has 0 amide bonds. The molecule has 0 fully saturated rings. The van der Waals surface area contributed by atoms with Gasteiger partial charge in [-0.1, -0.05) is 0 Å². The summed E-state index contributed by atoms with van der Waals surface area (Å²) in [6, 6.07) is 0. The van der Waals surface area contributed by atoms with E-state index in [-0.39, 0.29) is 38.2 Å². The Balaban J connectivity index is 3.46. The van der Waals surface area contributed by atoms with Crippen molar-refractivity contribution in [2.24, 2.45) is 5.73 Å². The second kappa shape index (κ2) is 7.02. The van der Waals surface area contributed by atoms with Gasteiger partial charge in [-0.25, -0.2) is 0 Å². The largest absolute Gasteiger partial charge is 0.481 e. The van der Waals surface area contributed by atoms with E-state index in [1.165, 1.54) is 0 Å². The van der Waals surface area contributed by atoms with Crippen LogP contribution in [0, 0.1) is 0 Å². The first-order valence-corrected chi connectivity index (χ1v) is 4.15. The lowest BCUT2D eigenvalue weighted by molar-refractivity contribution is -0.147. The number of Topliss-reactive ketones (excluding diaryl/α,β-unsaturated/α-hetero) is 1. The van der Waals surface area contributed by atoms with Gasteiger partial charge in [-0.15, -0.1) is 0 Å². The summed E-state index contributed by atoms with van der Waals surface area (Å²) in [6.07, 6.45) is -0.228. The third kappa shape index (κ3) is 7.23. The first-order chi connectivity index (χ1) is 6.56. The van der Waals surface area contributed by atoms with Crippen LogP contribution in [0.25, 0.3) is 0 Å². The van der Waals surface area contributed by atoms with E-state index in [1.54, 1.807) is 0 Å². The zero-order chi connectivity index (χ0) is 11.0. The summed E-state index contributed by atoms with van der Waals surface area (Å²) in [5, 5.41) is 8.22. The number of aliphatic carboxylic acids is 1. The SMILES string of the molecule is NCC(=O)CCC(=O)OCCC(=O)O. The van der Waals surface area contributed by atoms with Crippen molar-refractivity contribution < 1.29 is 24.2 Å². The molecule has 0 aromatic heterocycles. The number of ether oxygens (including phenoxy) is 1. The van der Waals surface area contributed by atoms with Crippen LogP contribution < -0.4 is 5.73 Å². The maximum Gasteiger partial charge on any atom is 0.306 e. The standard InChI is InChI=1S/C8H13NO5/c9-5-6(10)1-2-8(13)14-4-3-7(11)12/h1-5,9H2,(H,11,12). The number of carbonyl (C=O) groups excluding carboxylic acids is 2. The van der Waals surface area contributed by atoms with Gasteiger partial charge < -0.3 is 15.6 Å². The maximum absolute atomic E-state index is 10.8. The van der Waals surface area contributed by atoms with Crippen molar-refractivity contribution in [2.45, 2.75) is 19.3 Å². The van der Waals surface area contributed by atoms with Crippen LogP contribution >= 0.6 is 0 Å². The molecular formula is C8H13NO5. The molecule has 0 saturated heterocycles. The average molecular weight is 203 g/mol. The van der Waals surface area contributed by atoms with Crippen LogP contribution in [0.3, 0.4) is 0 Å². The van der Waals surface area contributed by atoms with Crippen molar-refractivity contribution in [1.82, 2.24) is 0 Å². The minimum absolute atomic E-state index is 0.0441. The highest BCUT2D eigenvalue weighted by Gasteiger charge is 2.07. The number of hydrogen-bond acceptors (Lipinski definition) is 5. The first-order valence-electron chi connectivity index (χ1n) is 4.15. The lowest BCUT2D eigenvalue weighted by Gasteiger charge is -2.01. The van der Waals surface area contributed by atoms with Crippen LogP contribution in [-0.4, -0.2) is 36.0 Å². The third-order valence-electron chi connectivity index (χ3n) is 1.41. The normalized spacial score (nSPS) is 9.50. The Morgan fingerprint density at radius 2 is 1.79 bits per heavy atom. The Labute approximate surface area is 81.0 Å². The second-order valence-electron chi connectivity index (χ2n) is 2.61. The Hall–Kier alpha value is -1.43. The topological polar surface area (TPSA) is 107 Å². The Bertz CT molecular complexity index is 226. The molecule has 0 heterocycles. The van der Waals surface area contributed by atoms with Crippen molar-refractivity contribution in [3.05, 3.63) is 0 Å². The summed E-state index contributed by atoms with van der Waals surface area (Å²) in [5.74, 6) is -1.83. The molecule has 0 aliphatic heterocycles. The van der Waals surface area contributed by atoms with Crippen LogP contribution in [0.15, 0.2) is 0 Å². The zero-order valence-electron chi connectivity index (χ0n) is 7.69. The van der Waals surface area contributed by atoms with Crippen molar-refractivity contribution in [3.8, 4) is 0 Å². The lowest BCUT2D eigenvalue weighted by Crippen LogP contribution is -2.16. The van der Waals surface area contributed by atoms with E-state index >= 15 is 0 Å². The van der Waals surface area contributed by atoms with Gasteiger partial charge in [-0.05, 0) is 0 Å². The smallest absolute Gasteiger partial charge is 0.306 e. The number of ketones is 1. The Morgan fingerprint density at radius 1 is 1.14 bits per heavy atom. The Kier molecular flexibility index (Phi) is 6.30. The molecule has 80 valence electrons. The van der Waals surface area contributed by atoms with E-state index in [1.807, 2.05) is 0 Å². The van der Waals surface area contributed by atoms with Crippen molar-refractivity contribution in [1.29, 1.82) is 0 Å². The molecule has 0 aliphatic rings. The van der Waals surface area contributed by atoms with E-state index in [0.29, 0.717) is 0 Å². The molecule has 0 aromatic rings. The second-order valence-corrected chi connectivity index (χ2v) is 2.61. The van der Waals surface area contributed by atoms with E-state index in [2.05, 4.69) is 4.74 Å². The molecule has 0 bridgehead atoms. The fourth-order valence-electron chi connectivity index (χ4n) is 0.668. The van der Waals surface area contributed by atoms with Gasteiger partial charge in [0.2, 0.25) is 0 Å². The molecule has 0 atom stereocenters. The summed E-state index contributed by atoms with van der Waals surface area (Å²) < 4.78 is 4.53. The lowest BCUT2D eigenvalue weighted by atomic mass is 10.2. The molecule has 14 heavy (non-hydrogen) atoms. The van der Waals surface area contributed by atoms with Gasteiger partial charge in [-0.2, -0.15) is 0 Å². The van der Waals surface area contributed by atoms with Crippen LogP contribution in [0.2, 0.25) is 0 Å². The molecular weight excluding hydrogens is 190 g/mol. The predicted octanol–water partition coefficient (Wildman–Crippen LogP) is -0.688. The third-order valence-corrected chi connectivity index (χ3v) is 1.41. The molecule has 0 aliphatic carbocycles. The highest BCUT2D eigenvalue weighted by atomic mass is 16.5. The predicted molar refractivity (Wildman–Crippen MR) is 46.5 cm³/mol. The van der Waals surface area contributed by atoms with Gasteiger partial charge in [-0.3, -0.25) is 14.4 Å². The van der Waals surface area contributed by atoms with E-state index in [4.69, 9.17) is 10.8 Å². The molecule has 6 heteroatoms. The highest BCUT2D eigenvalue weighted by molar-refractivity contribution is 5.84. The number of hydrogen-bond donors (Lipinski definition) is 2. The maximum atomic E-state index is 10.8. The summed E-state index contributed by atoms with van der Waals surface area (Å²) in [6.45, 7) is -0.257. The summed E-state index contributed by atoms with van der Waals surface area (Å²) in [5.41, 5.74) is 5.02. The summed E-state index contributed by atoms with van der Waals surface area (Å²) in [7, 11) is 0. The fraction of sp³-hybridized carbons (Fsp3) is 0.625. The number of carbonyl (C=O) groups is 3. The molecule has 0 unspecified atom stereocenters. The fourth-order valence-corrected chi connectivity index (χ4v) is 0.668. The molecule has 0 aromatic carbocycles. The molecule has 3 N–H and O–H groups in total. The minimum atomic E-state index is -1.03. The van der Waals surface area contributed by atoms with Crippen molar-refractivity contribution >= 4 is 17.7 Å². The molecule has 0 radical (unpaired) electrons. The quantitative estimate of drug-likeness (QED) is 0.530. The number of rotatable bonds is 7. The van der Waals surface area contributed by atoms with E-state index in [9.17, 15) is 14.4 Å². The molecule has 0 spiro atoms. The van der Waals surface area contributed by atoms with Crippen LogP contribution in [0.1, 0.15) is 19.3 Å². The van der Waals surface area contributed by atoms with Gasteiger partial charge in [0, 0.05) is 6.42 Å². The summed E-state index contributed by atoms with van der Waals surface area (Å²) in [4.78, 5) is 31.5. The monoisotopic (exact) mass is 203 g/mol. The molecule has 0 saturated carbocycles. The summed E-state index contributed by atoms with van der Waals surface area (Å²) >= 11 is 0. The Morgan fingerprint density at radius 3 is 2.29 bits per heavy atom. The van der Waals surface area contributed by atoms with Gasteiger partial charge >= 0.3 is 11.9 Å². The number of carboxylic acids is 1. The van der Waals surface area contributed by atoms with Crippen molar-refractivity contribution in [3.63, 3.8) is 0 Å². The number of esters is 1. The highest BCUT2D eigenvalue weighted by Crippen LogP contribution is 1.94. The van der Waals surface area contributed by atoms with Gasteiger partial charge in [0.15, 0.2) is 0 Å². The van der Waals surface area contributed by atoms with E-state index in [0.717, 1.165) is 0 Å². The van der Waals surface area contributed by atoms with Crippen molar-refractivity contribution in [2.75, 3.05) is 13.2 Å². The minimum Gasteiger partial charge on any atom is -0.481 e. The zero-order valence-corrected chi connectivity index (χ0v) is 7.69. The van der Waals surface area contributed by atoms with Crippen LogP contribution in [0.5, 0.6) is 0 Å². The molecule has 0 rings (SSSR count). The first kappa shape index (κ1) is 12.6. The van der Waals surface area contributed by atoms with Gasteiger partial charge in [0.05, 0.1) is 19.4 Å². The average Bonchev–Trinajstić information content (AvgIpc) is 2.13. The number of nitrogens with two attached hydrogens (primary N) is 1.